The van der Waals surface area contributed by atoms with Crippen molar-refractivity contribution in [2.45, 2.75) is 38.1 Å². The average molecular weight is 346 g/mol. The van der Waals surface area contributed by atoms with Crippen LogP contribution in [0.5, 0.6) is 0 Å². The van der Waals surface area contributed by atoms with E-state index in [1.807, 2.05) is 41.2 Å². The summed E-state index contributed by atoms with van der Waals surface area (Å²) in [6.07, 6.45) is 9.79. The van der Waals surface area contributed by atoms with E-state index in [9.17, 15) is 0 Å². The fourth-order valence-corrected chi connectivity index (χ4v) is 3.63. The molecule has 1 aromatic carbocycles. The van der Waals surface area contributed by atoms with Gasteiger partial charge in [-0.15, -0.1) is 5.10 Å². The van der Waals surface area contributed by atoms with Crippen LogP contribution in [0.1, 0.15) is 38.1 Å². The van der Waals surface area contributed by atoms with Crippen molar-refractivity contribution in [2.75, 3.05) is 0 Å². The molecule has 130 valence electrons. The first-order chi connectivity index (χ1) is 12.9. The van der Waals surface area contributed by atoms with Crippen molar-refractivity contribution < 1.29 is 4.52 Å². The first-order valence-electron chi connectivity index (χ1n) is 8.98. The molecule has 1 aliphatic carbocycles. The molecule has 0 atom stereocenters. The number of rotatable bonds is 3. The fourth-order valence-electron chi connectivity index (χ4n) is 3.63. The number of hydrogen-bond acceptors (Lipinski definition) is 6. The molecule has 1 aliphatic rings. The molecule has 0 unspecified atom stereocenters. The van der Waals surface area contributed by atoms with E-state index in [0.29, 0.717) is 23.5 Å². The SMILES string of the molecule is c1ccc2c(-c3noc(-c4cn(C5CCCCC5)nn4)n3)ccnc2c1. The van der Waals surface area contributed by atoms with Crippen LogP contribution in [0.15, 0.2) is 47.2 Å². The maximum absolute atomic E-state index is 5.46. The highest BCUT2D eigenvalue weighted by Gasteiger charge is 2.20. The summed E-state index contributed by atoms with van der Waals surface area (Å²) < 4.78 is 7.40. The van der Waals surface area contributed by atoms with Crippen molar-refractivity contribution in [3.8, 4) is 23.0 Å². The van der Waals surface area contributed by atoms with E-state index < -0.39 is 0 Å². The maximum atomic E-state index is 5.46. The molecule has 3 aromatic heterocycles. The predicted octanol–water partition coefficient (Wildman–Crippen LogP) is 4.05. The topological polar surface area (TPSA) is 82.5 Å². The molecule has 5 rings (SSSR count). The number of hydrogen-bond donors (Lipinski definition) is 0. The molecule has 0 saturated heterocycles. The Morgan fingerprint density at radius 1 is 1.04 bits per heavy atom. The van der Waals surface area contributed by atoms with Crippen molar-refractivity contribution in [1.82, 2.24) is 30.1 Å². The highest BCUT2D eigenvalue weighted by molar-refractivity contribution is 5.92. The van der Waals surface area contributed by atoms with Gasteiger partial charge in [-0.3, -0.25) is 4.98 Å². The van der Waals surface area contributed by atoms with E-state index in [4.69, 9.17) is 4.52 Å². The molecule has 0 bridgehead atoms. The van der Waals surface area contributed by atoms with Crippen molar-refractivity contribution in [2.24, 2.45) is 0 Å². The summed E-state index contributed by atoms with van der Waals surface area (Å²) in [7, 11) is 0. The maximum Gasteiger partial charge on any atom is 0.280 e. The van der Waals surface area contributed by atoms with E-state index >= 15 is 0 Å². The third kappa shape index (κ3) is 2.65. The number of para-hydroxylation sites is 1. The Morgan fingerprint density at radius 2 is 1.92 bits per heavy atom. The molecule has 3 heterocycles. The minimum Gasteiger partial charge on any atom is -0.332 e. The van der Waals surface area contributed by atoms with Gasteiger partial charge in [-0.05, 0) is 25.0 Å². The van der Waals surface area contributed by atoms with Gasteiger partial charge in [0.2, 0.25) is 5.82 Å². The molecule has 4 aromatic rings. The second kappa shape index (κ2) is 6.33. The Balaban J connectivity index is 1.48. The largest absolute Gasteiger partial charge is 0.332 e. The zero-order valence-corrected chi connectivity index (χ0v) is 14.2. The molecule has 7 nitrogen and oxygen atoms in total. The number of nitrogens with zero attached hydrogens (tertiary/aromatic N) is 6. The summed E-state index contributed by atoms with van der Waals surface area (Å²) >= 11 is 0. The number of fused-ring (bicyclic) bond motifs is 1. The normalized spacial score (nSPS) is 15.5. The third-order valence-corrected chi connectivity index (χ3v) is 4.99. The molecule has 0 radical (unpaired) electrons. The van der Waals surface area contributed by atoms with Crippen LogP contribution in [-0.2, 0) is 0 Å². The molecule has 1 fully saturated rings. The monoisotopic (exact) mass is 346 g/mol. The Kier molecular flexibility index (Phi) is 3.70. The van der Waals surface area contributed by atoms with Crippen molar-refractivity contribution in [3.05, 3.63) is 42.7 Å². The van der Waals surface area contributed by atoms with Gasteiger partial charge in [0.25, 0.3) is 5.89 Å². The predicted molar refractivity (Wildman–Crippen MR) is 96.2 cm³/mol. The summed E-state index contributed by atoms with van der Waals surface area (Å²) in [5.74, 6) is 0.925. The summed E-state index contributed by atoms with van der Waals surface area (Å²) in [6.45, 7) is 0. The lowest BCUT2D eigenvalue weighted by atomic mass is 9.96. The summed E-state index contributed by atoms with van der Waals surface area (Å²) in [4.78, 5) is 8.91. The van der Waals surface area contributed by atoms with Crippen molar-refractivity contribution in [3.63, 3.8) is 0 Å². The number of aromatic nitrogens is 6. The second-order valence-electron chi connectivity index (χ2n) is 6.67. The Hall–Kier alpha value is -3.09. The average Bonchev–Trinajstić information content (AvgIpc) is 3.38. The van der Waals surface area contributed by atoms with Gasteiger partial charge in [-0.1, -0.05) is 47.8 Å². The molecule has 26 heavy (non-hydrogen) atoms. The van der Waals surface area contributed by atoms with Gasteiger partial charge in [0.15, 0.2) is 5.69 Å². The van der Waals surface area contributed by atoms with Gasteiger partial charge in [0, 0.05) is 17.1 Å². The van der Waals surface area contributed by atoms with Crippen LogP contribution in [-0.4, -0.2) is 30.1 Å². The Labute approximate surface area is 150 Å². The number of benzene rings is 1. The van der Waals surface area contributed by atoms with Crippen LogP contribution in [0, 0.1) is 0 Å². The van der Waals surface area contributed by atoms with E-state index in [0.717, 1.165) is 29.3 Å². The van der Waals surface area contributed by atoms with Crippen LogP contribution < -0.4 is 0 Å². The fraction of sp³-hybridized carbons (Fsp3) is 0.316. The minimum absolute atomic E-state index is 0.392. The van der Waals surface area contributed by atoms with Gasteiger partial charge in [0.1, 0.15) is 0 Å². The lowest BCUT2D eigenvalue weighted by Crippen LogP contribution is -2.13. The second-order valence-corrected chi connectivity index (χ2v) is 6.67. The standard InChI is InChI=1S/C19H18N6O/c1-2-6-13(7-3-1)25-12-17(22-24-25)19-21-18(23-26-19)15-10-11-20-16-9-5-4-8-14(15)16/h4-5,8-13H,1-3,6-7H2. The quantitative estimate of drug-likeness (QED) is 0.556. The van der Waals surface area contributed by atoms with E-state index in [-0.39, 0.29) is 0 Å². The van der Waals surface area contributed by atoms with Crippen LogP contribution >= 0.6 is 0 Å². The first-order valence-corrected chi connectivity index (χ1v) is 8.98. The van der Waals surface area contributed by atoms with Crippen LogP contribution in [0.4, 0.5) is 0 Å². The zero-order valence-electron chi connectivity index (χ0n) is 14.2. The summed E-state index contributed by atoms with van der Waals surface area (Å²) in [5.41, 5.74) is 2.41. The highest BCUT2D eigenvalue weighted by atomic mass is 16.5. The minimum atomic E-state index is 0.392. The summed E-state index contributed by atoms with van der Waals surface area (Å²) in [5, 5.41) is 13.6. The molecular weight excluding hydrogens is 328 g/mol. The number of pyridine rings is 1. The Morgan fingerprint density at radius 3 is 2.85 bits per heavy atom. The van der Waals surface area contributed by atoms with E-state index in [2.05, 4.69) is 25.4 Å². The van der Waals surface area contributed by atoms with Gasteiger partial charge in [-0.2, -0.15) is 4.98 Å². The molecule has 1 saturated carbocycles. The van der Waals surface area contributed by atoms with Crippen molar-refractivity contribution >= 4 is 10.9 Å². The van der Waals surface area contributed by atoms with Crippen molar-refractivity contribution in [1.29, 1.82) is 0 Å². The van der Waals surface area contributed by atoms with Gasteiger partial charge in [-0.25, -0.2) is 4.68 Å². The first kappa shape index (κ1) is 15.2. The highest BCUT2D eigenvalue weighted by Crippen LogP contribution is 2.29. The smallest absolute Gasteiger partial charge is 0.280 e. The lowest BCUT2D eigenvalue weighted by Gasteiger charge is -2.20. The van der Waals surface area contributed by atoms with Crippen LogP contribution in [0.3, 0.4) is 0 Å². The van der Waals surface area contributed by atoms with E-state index in [1.54, 1.807) is 6.20 Å². The van der Waals surface area contributed by atoms with E-state index in [1.165, 1.54) is 19.3 Å². The Bertz CT molecular complexity index is 1040. The molecule has 0 amide bonds. The van der Waals surface area contributed by atoms with Gasteiger partial charge in [0.05, 0.1) is 17.8 Å². The zero-order chi connectivity index (χ0) is 17.3. The van der Waals surface area contributed by atoms with Crippen LogP contribution in [0.25, 0.3) is 33.9 Å². The molecule has 0 N–H and O–H groups in total. The molecule has 7 heteroatoms. The van der Waals surface area contributed by atoms with Gasteiger partial charge < -0.3 is 4.52 Å². The lowest BCUT2D eigenvalue weighted by molar-refractivity contribution is 0.324. The third-order valence-electron chi connectivity index (χ3n) is 4.99. The van der Waals surface area contributed by atoms with Gasteiger partial charge >= 0.3 is 0 Å². The molecular formula is C19H18N6O. The van der Waals surface area contributed by atoms with Crippen LogP contribution in [0.2, 0.25) is 0 Å². The molecule has 0 spiro atoms. The molecule has 0 aliphatic heterocycles. The summed E-state index contributed by atoms with van der Waals surface area (Å²) in [6, 6.07) is 10.2.